The third-order valence-electron chi connectivity index (χ3n) is 10.8. The summed E-state index contributed by atoms with van der Waals surface area (Å²) in [5, 5.41) is 38.6. The minimum atomic E-state index is -1.18. The Morgan fingerprint density at radius 1 is 0.727 bits per heavy atom. The molecule has 1 aliphatic rings. The van der Waals surface area contributed by atoms with Crippen molar-refractivity contribution in [3.63, 3.8) is 0 Å². The van der Waals surface area contributed by atoms with Crippen LogP contribution in [0.25, 0.3) is 21.8 Å². The van der Waals surface area contributed by atoms with Crippen LogP contribution in [-0.4, -0.2) is 84.7 Å². The maximum Gasteiger partial charge on any atom is 0.322 e. The molecule has 1 aliphatic carbocycles. The lowest BCUT2D eigenvalue weighted by atomic mass is 9.86. The fraction of sp³-hybridized carbons (Fsp3) is 0.327. The van der Waals surface area contributed by atoms with E-state index in [9.17, 15) is 33.2 Å². The van der Waals surface area contributed by atoms with Crippen molar-refractivity contribution in [3.05, 3.63) is 131 Å². The van der Waals surface area contributed by atoms with Gasteiger partial charge in [0, 0.05) is 27.9 Å². The van der Waals surface area contributed by atoms with E-state index in [4.69, 9.17) is 10.4 Å². The van der Waals surface area contributed by atoms with Gasteiger partial charge >= 0.3 is 5.97 Å². The van der Waals surface area contributed by atoms with E-state index >= 15 is 0 Å². The van der Waals surface area contributed by atoms with Crippen molar-refractivity contribution in [2.24, 2.45) is 10.8 Å². The number of Topliss-reactive ketones (excluding diaryl/α,β-unsaturated/α-hetero) is 1. The maximum atomic E-state index is 14.2. The van der Waals surface area contributed by atoms with Crippen LogP contribution in [0.5, 0.6) is 0 Å². The highest BCUT2D eigenvalue weighted by atomic mass is 19.1. The van der Waals surface area contributed by atoms with Crippen LogP contribution in [-0.2, 0) is 27.5 Å². The molecule has 5 N–H and O–H groups in total. The Bertz CT molecular complexity index is 2840. The third kappa shape index (κ3) is 11.7. The monoisotopic (exact) mass is 897 g/mol. The summed E-state index contributed by atoms with van der Waals surface area (Å²) in [6.45, 7) is 10.5. The number of amides is 4. The van der Waals surface area contributed by atoms with Crippen molar-refractivity contribution in [2.45, 2.75) is 85.6 Å². The topological polar surface area (TPSA) is 230 Å². The van der Waals surface area contributed by atoms with Crippen molar-refractivity contribution in [3.8, 4) is 6.07 Å². The predicted octanol–water partition coefficient (Wildman–Crippen LogP) is 5.78. The summed E-state index contributed by atoms with van der Waals surface area (Å²) in [7, 11) is 0. The minimum absolute atomic E-state index is 0.0649. The molecule has 0 unspecified atom stereocenters. The average molecular weight is 898 g/mol. The average Bonchev–Trinajstić information content (AvgIpc) is 3.91. The SMILES string of the molecule is CC(C)(C)[C@H](NC(=O)c1nn(CC(=O)c2ccc(C#N)cc2)c2ccccc12)C(=O)NC1CC1.CC(C)(C)[C@H](NC(=O)c1nn(Cc2ccccc2F)c2ccccc12)C(=O)NCC(=O)O. The number of ketones is 1. The van der Waals surface area contributed by atoms with E-state index in [1.54, 1.807) is 110 Å². The molecule has 0 aliphatic heterocycles. The number of carboxylic acids is 1. The number of aliphatic carboxylic acids is 1. The number of benzene rings is 4. The number of rotatable bonds is 14. The largest absolute Gasteiger partial charge is 0.480 e. The second kappa shape index (κ2) is 20.0. The fourth-order valence-electron chi connectivity index (χ4n) is 7.10. The lowest BCUT2D eigenvalue weighted by molar-refractivity contribution is -0.138. The first-order chi connectivity index (χ1) is 31.2. The first-order valence-corrected chi connectivity index (χ1v) is 21.3. The number of hydrogen-bond donors (Lipinski definition) is 5. The quantitative estimate of drug-likeness (QED) is 0.0828. The first-order valence-electron chi connectivity index (χ1n) is 21.3. The number of hydrogen-bond acceptors (Lipinski definition) is 9. The van der Waals surface area contributed by atoms with Crippen molar-refractivity contribution < 1.29 is 38.3 Å². The van der Waals surface area contributed by atoms with Crippen LogP contribution >= 0.6 is 0 Å². The molecule has 0 spiro atoms. The Morgan fingerprint density at radius 2 is 1.23 bits per heavy atom. The molecule has 1 fully saturated rings. The van der Waals surface area contributed by atoms with Crippen molar-refractivity contribution in [1.82, 2.24) is 40.8 Å². The van der Waals surface area contributed by atoms with Gasteiger partial charge in [-0.05, 0) is 54.0 Å². The summed E-state index contributed by atoms with van der Waals surface area (Å²) in [5.74, 6) is -3.62. The number of carbonyl (C=O) groups is 6. The molecule has 2 heterocycles. The van der Waals surface area contributed by atoms with Crippen LogP contribution in [0.4, 0.5) is 4.39 Å². The van der Waals surface area contributed by atoms with E-state index in [1.165, 1.54) is 10.7 Å². The Labute approximate surface area is 380 Å². The Morgan fingerprint density at radius 3 is 1.74 bits per heavy atom. The van der Waals surface area contributed by atoms with Crippen molar-refractivity contribution in [2.75, 3.05) is 6.54 Å². The minimum Gasteiger partial charge on any atom is -0.480 e. The zero-order valence-corrected chi connectivity index (χ0v) is 37.5. The smallest absolute Gasteiger partial charge is 0.322 e. The van der Waals surface area contributed by atoms with Gasteiger partial charge in [-0.1, -0.05) is 108 Å². The van der Waals surface area contributed by atoms with E-state index in [-0.39, 0.29) is 48.0 Å². The number of carboxylic acid groups (broad SMARTS) is 1. The Kier molecular flexibility index (Phi) is 14.4. The standard InChI is InChI=1S/C26H27N5O3.C23H25FN4O4/c1-26(2,3)23(25(34)28-18-12-13-18)29-24(33)22-19-6-4-5-7-20(19)31(30-22)15-21(32)17-10-8-16(14-27)9-11-17;1-23(2,3)20(22(32)25-12-18(29)30)26-21(31)19-15-9-5-7-11-17(15)28(27-19)13-14-8-4-6-10-16(14)24/h4-11,18,23H,12-13,15H2,1-3H3,(H,28,34)(H,29,33);4-11,20H,12-13H2,1-3H3,(H,25,32)(H,26,31)(H,29,30)/t23-;20-/m11/s1. The van der Waals surface area contributed by atoms with Crippen LogP contribution in [0.15, 0.2) is 97.1 Å². The van der Waals surface area contributed by atoms with Gasteiger partial charge < -0.3 is 26.4 Å². The van der Waals surface area contributed by atoms with Gasteiger partial charge in [0.1, 0.15) is 31.0 Å². The molecular weight excluding hydrogens is 846 g/mol. The van der Waals surface area contributed by atoms with Crippen molar-refractivity contribution >= 4 is 57.2 Å². The fourth-order valence-corrected chi connectivity index (χ4v) is 7.10. The summed E-state index contributed by atoms with van der Waals surface area (Å²) < 4.78 is 17.2. The molecule has 0 saturated heterocycles. The number of halogens is 1. The van der Waals surface area contributed by atoms with Crippen molar-refractivity contribution in [1.29, 1.82) is 5.26 Å². The second-order valence-electron chi connectivity index (χ2n) is 18.2. The zero-order valence-electron chi connectivity index (χ0n) is 37.5. The highest BCUT2D eigenvalue weighted by Crippen LogP contribution is 2.26. The number of para-hydroxylation sites is 2. The Hall–Kier alpha value is -7.74. The zero-order chi connectivity index (χ0) is 47.9. The summed E-state index contributed by atoms with van der Waals surface area (Å²) >= 11 is 0. The molecule has 16 nitrogen and oxygen atoms in total. The number of nitrogens with one attached hydrogen (secondary N) is 4. The summed E-state index contributed by atoms with van der Waals surface area (Å²) in [5.41, 5.74) is 1.70. The molecule has 2 aromatic heterocycles. The molecular formula is C49H52FN9O7. The van der Waals surface area contributed by atoms with Crippen LogP contribution < -0.4 is 21.3 Å². The lowest BCUT2D eigenvalue weighted by Crippen LogP contribution is -2.54. The van der Waals surface area contributed by atoms with E-state index < -0.39 is 53.1 Å². The van der Waals surface area contributed by atoms with Gasteiger partial charge in [0.05, 0.1) is 29.2 Å². The van der Waals surface area contributed by atoms with Crippen LogP contribution in [0, 0.1) is 28.0 Å². The second-order valence-corrected chi connectivity index (χ2v) is 18.2. The summed E-state index contributed by atoms with van der Waals surface area (Å²) in [6.07, 6.45) is 1.91. The lowest BCUT2D eigenvalue weighted by Gasteiger charge is -2.30. The molecule has 7 rings (SSSR count). The van der Waals surface area contributed by atoms with Gasteiger partial charge in [-0.3, -0.25) is 38.1 Å². The summed E-state index contributed by atoms with van der Waals surface area (Å²) in [6, 6.07) is 27.4. The predicted molar refractivity (Wildman–Crippen MR) is 244 cm³/mol. The molecule has 4 aromatic carbocycles. The van der Waals surface area contributed by atoms with Crippen LogP contribution in [0.3, 0.4) is 0 Å². The van der Waals surface area contributed by atoms with E-state index in [0.717, 1.165) is 12.8 Å². The first kappa shape index (κ1) is 47.7. The van der Waals surface area contributed by atoms with E-state index in [2.05, 4.69) is 31.5 Å². The van der Waals surface area contributed by atoms with Gasteiger partial charge in [-0.15, -0.1) is 0 Å². The highest BCUT2D eigenvalue weighted by Gasteiger charge is 2.37. The van der Waals surface area contributed by atoms with Gasteiger partial charge in [-0.2, -0.15) is 15.5 Å². The van der Waals surface area contributed by atoms with E-state index in [1.807, 2.05) is 32.9 Å². The number of fused-ring (bicyclic) bond motifs is 2. The maximum absolute atomic E-state index is 14.2. The van der Waals surface area contributed by atoms with Gasteiger partial charge in [0.2, 0.25) is 11.8 Å². The number of aromatic nitrogens is 4. The molecule has 1 saturated carbocycles. The molecule has 6 aromatic rings. The molecule has 0 bridgehead atoms. The number of nitriles is 1. The Balaban J connectivity index is 0.000000219. The third-order valence-corrected chi connectivity index (χ3v) is 10.8. The molecule has 4 amide bonds. The molecule has 2 atom stereocenters. The van der Waals surface area contributed by atoms with Crippen LogP contribution in [0.2, 0.25) is 0 Å². The number of nitrogens with zero attached hydrogens (tertiary/aromatic N) is 5. The molecule has 0 radical (unpaired) electrons. The van der Waals surface area contributed by atoms with Gasteiger partial charge in [0.15, 0.2) is 17.2 Å². The molecule has 342 valence electrons. The molecule has 17 heteroatoms. The van der Waals surface area contributed by atoms with Crippen LogP contribution in [0.1, 0.15) is 96.8 Å². The van der Waals surface area contributed by atoms with Gasteiger partial charge in [0.25, 0.3) is 11.8 Å². The normalized spacial score (nSPS) is 13.4. The highest BCUT2D eigenvalue weighted by molar-refractivity contribution is 6.08. The number of carbonyl (C=O) groups excluding carboxylic acids is 5. The molecule has 66 heavy (non-hydrogen) atoms. The van der Waals surface area contributed by atoms with Gasteiger partial charge in [-0.25, -0.2) is 4.39 Å². The summed E-state index contributed by atoms with van der Waals surface area (Å²) in [4.78, 5) is 75.4. The van der Waals surface area contributed by atoms with E-state index in [0.29, 0.717) is 38.5 Å².